The molecule has 0 aliphatic carbocycles. The quantitative estimate of drug-likeness (QED) is 0.576. The van der Waals surface area contributed by atoms with E-state index in [1.54, 1.807) is 12.1 Å². The molecule has 2 aromatic rings. The second-order valence-corrected chi connectivity index (χ2v) is 10.3. The zero-order chi connectivity index (χ0) is 25.8. The Labute approximate surface area is 222 Å². The molecule has 0 spiro atoms. The van der Waals surface area contributed by atoms with E-state index in [1.807, 2.05) is 47.5 Å². The van der Waals surface area contributed by atoms with Crippen molar-refractivity contribution in [2.75, 3.05) is 19.6 Å². The molecule has 9 heteroatoms. The number of nitrogens with zero attached hydrogens (tertiary/aromatic N) is 5. The molecular weight excluding hydrogens is 491 g/mol. The summed E-state index contributed by atoms with van der Waals surface area (Å²) in [5, 5.41) is 10.7. The third kappa shape index (κ3) is 6.01. The van der Waals surface area contributed by atoms with Crippen molar-refractivity contribution in [3.8, 4) is 0 Å². The van der Waals surface area contributed by atoms with Gasteiger partial charge in [-0.15, -0.1) is 0 Å². The second-order valence-electron chi connectivity index (χ2n) is 9.88. The first kappa shape index (κ1) is 25.4. The molecule has 2 unspecified atom stereocenters. The molecule has 2 atom stereocenters. The summed E-state index contributed by atoms with van der Waals surface area (Å²) in [7, 11) is 0. The third-order valence-electron chi connectivity index (χ3n) is 7.25. The average molecular weight is 523 g/mol. The van der Waals surface area contributed by atoms with Gasteiger partial charge in [0.2, 0.25) is 6.29 Å². The van der Waals surface area contributed by atoms with E-state index in [0.717, 1.165) is 46.8 Å². The van der Waals surface area contributed by atoms with Crippen molar-refractivity contribution >= 4 is 35.8 Å². The fourth-order valence-electron chi connectivity index (χ4n) is 5.28. The first-order chi connectivity index (χ1) is 18.0. The highest BCUT2D eigenvalue weighted by Crippen LogP contribution is 2.33. The van der Waals surface area contributed by atoms with Gasteiger partial charge in [-0.25, -0.2) is 24.2 Å². The molecule has 1 fully saturated rings. The number of piperidine rings is 1. The van der Waals surface area contributed by atoms with Gasteiger partial charge >= 0.3 is 6.03 Å². The van der Waals surface area contributed by atoms with E-state index in [9.17, 15) is 9.18 Å². The molecule has 2 aromatic carbocycles. The molecule has 0 bridgehead atoms. The van der Waals surface area contributed by atoms with Crippen molar-refractivity contribution in [1.82, 2.24) is 15.2 Å². The van der Waals surface area contributed by atoms with Crippen molar-refractivity contribution in [3.05, 3.63) is 70.0 Å². The van der Waals surface area contributed by atoms with Crippen LogP contribution in [-0.2, 0) is 6.42 Å². The molecule has 194 valence electrons. The van der Waals surface area contributed by atoms with Crippen LogP contribution < -0.4 is 5.32 Å². The number of rotatable bonds is 6. The van der Waals surface area contributed by atoms with Gasteiger partial charge in [-0.05, 0) is 67.0 Å². The smallest absolute Gasteiger partial charge is 0.317 e. The monoisotopic (exact) mass is 522 g/mol. The van der Waals surface area contributed by atoms with Crippen LogP contribution >= 0.6 is 11.6 Å². The van der Waals surface area contributed by atoms with Crippen LogP contribution in [0.3, 0.4) is 0 Å². The number of carbonyl (C=O) groups is 1. The van der Waals surface area contributed by atoms with Crippen LogP contribution in [0.1, 0.15) is 42.4 Å². The lowest BCUT2D eigenvalue weighted by Gasteiger charge is -2.39. The maximum absolute atomic E-state index is 13.5. The number of benzene rings is 2. The maximum Gasteiger partial charge on any atom is 0.317 e. The van der Waals surface area contributed by atoms with E-state index in [4.69, 9.17) is 16.7 Å². The number of hydrogen-bond acceptors (Lipinski definition) is 5. The minimum Gasteiger partial charge on any atom is -0.338 e. The van der Waals surface area contributed by atoms with Crippen LogP contribution in [0.2, 0.25) is 5.02 Å². The molecule has 0 aromatic heterocycles. The van der Waals surface area contributed by atoms with Gasteiger partial charge in [-0.3, -0.25) is 0 Å². The van der Waals surface area contributed by atoms with E-state index in [2.05, 4.69) is 15.3 Å². The van der Waals surface area contributed by atoms with Gasteiger partial charge in [-0.2, -0.15) is 5.10 Å². The number of halogens is 2. The van der Waals surface area contributed by atoms with Gasteiger partial charge in [0.1, 0.15) is 5.82 Å². The number of hydrazone groups is 1. The molecule has 1 saturated heterocycles. The molecular formula is C28H32ClFN6O. The number of aliphatic imine (C=N–C) groups is 2. The average Bonchev–Trinajstić information content (AvgIpc) is 3.36. The van der Waals surface area contributed by atoms with Gasteiger partial charge in [0.25, 0.3) is 0 Å². The Morgan fingerprint density at radius 3 is 2.70 bits per heavy atom. The Morgan fingerprint density at radius 1 is 1.16 bits per heavy atom. The van der Waals surface area contributed by atoms with E-state index in [1.165, 1.54) is 12.1 Å². The first-order valence-corrected chi connectivity index (χ1v) is 13.3. The minimum absolute atomic E-state index is 0.0501. The predicted octanol–water partition coefficient (Wildman–Crippen LogP) is 5.06. The summed E-state index contributed by atoms with van der Waals surface area (Å²) in [5.74, 6) is -0.0455. The number of carbonyl (C=O) groups excluding carboxylic acids is 1. The number of nitrogens with one attached hydrogen (secondary N) is 1. The van der Waals surface area contributed by atoms with Gasteiger partial charge in [0.15, 0.2) is 0 Å². The van der Waals surface area contributed by atoms with Crippen molar-refractivity contribution in [2.45, 2.75) is 51.4 Å². The van der Waals surface area contributed by atoms with Crippen molar-refractivity contribution in [3.63, 3.8) is 0 Å². The second kappa shape index (κ2) is 11.4. The van der Waals surface area contributed by atoms with Gasteiger partial charge in [-0.1, -0.05) is 35.9 Å². The third-order valence-corrected chi connectivity index (χ3v) is 7.60. The first-order valence-electron chi connectivity index (χ1n) is 12.9. The van der Waals surface area contributed by atoms with Crippen LogP contribution in [0, 0.1) is 18.7 Å². The molecule has 3 heterocycles. The Hall–Kier alpha value is -3.26. The fourth-order valence-corrected chi connectivity index (χ4v) is 5.61. The van der Waals surface area contributed by atoms with E-state index < -0.39 is 6.29 Å². The molecule has 37 heavy (non-hydrogen) atoms. The lowest BCUT2D eigenvalue weighted by Crippen LogP contribution is -2.51. The molecule has 5 rings (SSSR count). The van der Waals surface area contributed by atoms with Gasteiger partial charge < -0.3 is 10.2 Å². The highest BCUT2D eigenvalue weighted by atomic mass is 35.5. The SMILES string of the molecule is Cc1ccc(CCNC(=O)N2CCCC(C3CC(c4ccc(F)cc4)=NN3C3N=CCC=N3)C2)c(Cl)c1. The zero-order valence-electron chi connectivity index (χ0n) is 21.0. The summed E-state index contributed by atoms with van der Waals surface area (Å²) in [6.07, 6.45) is 7.35. The summed E-state index contributed by atoms with van der Waals surface area (Å²) >= 11 is 6.35. The van der Waals surface area contributed by atoms with Crippen LogP contribution in [0.25, 0.3) is 0 Å². The highest BCUT2D eigenvalue weighted by molar-refractivity contribution is 6.31. The molecule has 2 amide bonds. The molecule has 3 aliphatic heterocycles. The summed E-state index contributed by atoms with van der Waals surface area (Å²) < 4.78 is 13.5. The number of urea groups is 1. The van der Waals surface area contributed by atoms with Crippen LogP contribution in [0.4, 0.5) is 9.18 Å². The summed E-state index contributed by atoms with van der Waals surface area (Å²) in [5.41, 5.74) is 3.95. The van der Waals surface area contributed by atoms with Crippen LogP contribution in [0.15, 0.2) is 57.6 Å². The molecule has 1 N–H and O–H groups in total. The number of amides is 2. The Bertz CT molecular complexity index is 1200. The Kier molecular flexibility index (Phi) is 7.84. The predicted molar refractivity (Wildman–Crippen MR) is 146 cm³/mol. The summed E-state index contributed by atoms with van der Waals surface area (Å²) in [6, 6.07) is 12.5. The van der Waals surface area contributed by atoms with E-state index >= 15 is 0 Å². The largest absolute Gasteiger partial charge is 0.338 e. The zero-order valence-corrected chi connectivity index (χ0v) is 21.7. The van der Waals surface area contributed by atoms with E-state index in [-0.39, 0.29) is 23.8 Å². The number of likely N-dealkylation sites (tertiary alicyclic amines) is 1. The Morgan fingerprint density at radius 2 is 1.95 bits per heavy atom. The molecule has 7 nitrogen and oxygen atoms in total. The molecule has 3 aliphatic rings. The minimum atomic E-state index is -0.403. The van der Waals surface area contributed by atoms with Crippen LogP contribution in [-0.4, -0.2) is 66.0 Å². The molecule has 0 saturated carbocycles. The van der Waals surface area contributed by atoms with Crippen molar-refractivity contribution in [2.24, 2.45) is 21.0 Å². The highest BCUT2D eigenvalue weighted by Gasteiger charge is 2.40. The summed E-state index contributed by atoms with van der Waals surface area (Å²) in [6.45, 7) is 3.91. The topological polar surface area (TPSA) is 72.7 Å². The van der Waals surface area contributed by atoms with Crippen molar-refractivity contribution in [1.29, 1.82) is 0 Å². The summed E-state index contributed by atoms with van der Waals surface area (Å²) in [4.78, 5) is 24.1. The van der Waals surface area contributed by atoms with Crippen LogP contribution in [0.5, 0.6) is 0 Å². The standard InChI is InChI=1S/C28H32ClFN6O/c1-19-5-6-20(24(29)16-19)11-14-33-28(37)35-15-2-4-22(18-35)26-17-25(21-7-9-23(30)10-8-21)34-36(26)27-31-12-3-13-32-27/h5-10,12-13,16,22,26-27H,2-4,11,14-15,17-18H2,1H3,(H,33,37). The lowest BCUT2D eigenvalue weighted by atomic mass is 9.87. The van der Waals surface area contributed by atoms with Gasteiger partial charge in [0, 0.05) is 49.9 Å². The van der Waals surface area contributed by atoms with Gasteiger partial charge in [0.05, 0.1) is 11.8 Å². The van der Waals surface area contributed by atoms with E-state index in [0.29, 0.717) is 32.4 Å². The maximum atomic E-state index is 13.5. The van der Waals surface area contributed by atoms with Crippen molar-refractivity contribution < 1.29 is 9.18 Å². The Balaban J connectivity index is 1.24. The number of hydrogen-bond donors (Lipinski definition) is 1. The lowest BCUT2D eigenvalue weighted by molar-refractivity contribution is 0.0798. The number of aryl methyl sites for hydroxylation is 1. The normalized spacial score (nSPS) is 21.9. The fraction of sp³-hybridized carbons (Fsp3) is 0.429. The molecule has 0 radical (unpaired) electrons.